The van der Waals surface area contributed by atoms with Crippen LogP contribution in [0.1, 0.15) is 30.5 Å². The van der Waals surface area contributed by atoms with E-state index >= 15 is 0 Å². The fourth-order valence-corrected chi connectivity index (χ4v) is 4.17. The lowest BCUT2D eigenvalue weighted by atomic mass is 9.94. The van der Waals surface area contributed by atoms with Crippen molar-refractivity contribution in [3.63, 3.8) is 0 Å². The smallest absolute Gasteiger partial charge is 0.295 e. The highest BCUT2D eigenvalue weighted by Gasteiger charge is 2.46. The molecule has 1 N–H and O–H groups in total. The van der Waals surface area contributed by atoms with Gasteiger partial charge in [0.25, 0.3) is 11.7 Å². The van der Waals surface area contributed by atoms with Crippen LogP contribution in [0.25, 0.3) is 5.76 Å². The zero-order valence-corrected chi connectivity index (χ0v) is 18.3. The first-order valence-corrected chi connectivity index (χ1v) is 10.0. The highest BCUT2D eigenvalue weighted by Crippen LogP contribution is 2.43. The van der Waals surface area contributed by atoms with Crippen LogP contribution < -0.4 is 9.47 Å². The molecule has 0 aromatic heterocycles. The van der Waals surface area contributed by atoms with Crippen LogP contribution in [0.3, 0.4) is 0 Å². The number of carbonyl (C=O) groups is 2. The largest absolute Gasteiger partial charge is 0.507 e. The van der Waals surface area contributed by atoms with E-state index in [4.69, 9.17) is 32.7 Å². The van der Waals surface area contributed by atoms with Gasteiger partial charge in [-0.1, -0.05) is 42.3 Å². The minimum Gasteiger partial charge on any atom is -0.507 e. The van der Waals surface area contributed by atoms with Crippen LogP contribution in [-0.4, -0.2) is 42.5 Å². The van der Waals surface area contributed by atoms with Crippen molar-refractivity contribution < 1.29 is 24.2 Å². The second kappa shape index (κ2) is 8.98. The molecule has 1 saturated heterocycles. The van der Waals surface area contributed by atoms with Crippen LogP contribution in [0.2, 0.25) is 10.0 Å². The summed E-state index contributed by atoms with van der Waals surface area (Å²) in [5.41, 5.74) is 0.714. The number of likely N-dealkylation sites (tertiary alicyclic amines) is 1. The number of ketones is 1. The standard InChI is InChI=1S/C22H21Cl2NO5/c1-4-8-25-18(12-6-5-7-14(9-12)29-2)17(20(27)22(25)28)19(26)15-10-13(23)11-16(24)21(15)30-3/h5-7,9-11,18,26H,4,8H2,1-3H3/b19-17+. The summed E-state index contributed by atoms with van der Waals surface area (Å²) in [6, 6.07) is 9.14. The zero-order chi connectivity index (χ0) is 22.0. The van der Waals surface area contributed by atoms with E-state index in [1.165, 1.54) is 31.3 Å². The maximum Gasteiger partial charge on any atom is 0.295 e. The van der Waals surface area contributed by atoms with Gasteiger partial charge in [0, 0.05) is 11.6 Å². The Balaban J connectivity index is 2.29. The number of amides is 1. The van der Waals surface area contributed by atoms with Crippen molar-refractivity contribution in [2.45, 2.75) is 19.4 Å². The monoisotopic (exact) mass is 449 g/mol. The molecule has 1 heterocycles. The Morgan fingerprint density at radius 2 is 1.87 bits per heavy atom. The van der Waals surface area contributed by atoms with E-state index in [9.17, 15) is 14.7 Å². The average Bonchev–Trinajstić information content (AvgIpc) is 2.98. The Labute approximate surface area is 184 Å². The summed E-state index contributed by atoms with van der Waals surface area (Å²) < 4.78 is 10.6. The van der Waals surface area contributed by atoms with Crippen molar-refractivity contribution in [2.75, 3.05) is 20.8 Å². The Bertz CT molecular complexity index is 1030. The summed E-state index contributed by atoms with van der Waals surface area (Å²) in [5.74, 6) is -1.14. The van der Waals surface area contributed by atoms with Crippen LogP contribution in [-0.2, 0) is 9.59 Å². The molecule has 1 amide bonds. The molecule has 2 aromatic rings. The van der Waals surface area contributed by atoms with E-state index in [0.29, 0.717) is 24.3 Å². The van der Waals surface area contributed by atoms with Crippen LogP contribution >= 0.6 is 23.2 Å². The molecule has 6 nitrogen and oxygen atoms in total. The summed E-state index contributed by atoms with van der Waals surface area (Å²) in [4.78, 5) is 27.2. The molecule has 1 atom stereocenters. The van der Waals surface area contributed by atoms with E-state index < -0.39 is 23.5 Å². The number of aliphatic hydroxyl groups is 1. The molecular formula is C22H21Cl2NO5. The Morgan fingerprint density at radius 3 is 2.50 bits per heavy atom. The lowest BCUT2D eigenvalue weighted by Gasteiger charge is -2.25. The number of hydrogen-bond donors (Lipinski definition) is 1. The number of ether oxygens (including phenoxy) is 2. The fourth-order valence-electron chi connectivity index (χ4n) is 3.60. The Kier molecular flexibility index (Phi) is 6.58. The summed E-state index contributed by atoms with van der Waals surface area (Å²) in [7, 11) is 2.92. The maximum absolute atomic E-state index is 13.0. The number of nitrogens with zero attached hydrogens (tertiary/aromatic N) is 1. The summed E-state index contributed by atoms with van der Waals surface area (Å²) in [5, 5.41) is 11.6. The molecule has 1 fully saturated rings. The van der Waals surface area contributed by atoms with Crippen LogP contribution in [0, 0.1) is 0 Å². The molecule has 1 aliphatic heterocycles. The molecule has 0 bridgehead atoms. The molecule has 158 valence electrons. The van der Waals surface area contributed by atoms with E-state index in [-0.39, 0.29) is 26.9 Å². The van der Waals surface area contributed by atoms with Crippen molar-refractivity contribution in [1.29, 1.82) is 0 Å². The van der Waals surface area contributed by atoms with Gasteiger partial charge in [0.15, 0.2) is 0 Å². The third-order valence-electron chi connectivity index (χ3n) is 4.88. The normalized spacial score (nSPS) is 18.0. The van der Waals surface area contributed by atoms with Gasteiger partial charge in [-0.15, -0.1) is 0 Å². The van der Waals surface area contributed by atoms with E-state index in [1.54, 1.807) is 24.3 Å². The van der Waals surface area contributed by atoms with Crippen LogP contribution in [0.5, 0.6) is 11.5 Å². The highest BCUT2D eigenvalue weighted by molar-refractivity contribution is 6.46. The van der Waals surface area contributed by atoms with E-state index in [1.807, 2.05) is 6.92 Å². The van der Waals surface area contributed by atoms with Gasteiger partial charge in [0.2, 0.25) is 0 Å². The molecule has 8 heteroatoms. The average molecular weight is 450 g/mol. The quantitative estimate of drug-likeness (QED) is 0.387. The molecule has 0 aliphatic carbocycles. The van der Waals surface area contributed by atoms with Crippen molar-refractivity contribution in [3.05, 3.63) is 63.1 Å². The lowest BCUT2D eigenvalue weighted by Crippen LogP contribution is -2.30. The molecule has 3 rings (SSSR count). The van der Waals surface area contributed by atoms with Crippen molar-refractivity contribution in [1.82, 2.24) is 4.90 Å². The number of methoxy groups -OCH3 is 2. The number of rotatable bonds is 6. The Hall–Kier alpha value is -2.70. The predicted octanol–water partition coefficient (Wildman–Crippen LogP) is 4.84. The second-order valence-electron chi connectivity index (χ2n) is 6.74. The number of benzene rings is 2. The first-order valence-electron chi connectivity index (χ1n) is 9.29. The van der Waals surface area contributed by atoms with Gasteiger partial charge in [0.05, 0.1) is 36.4 Å². The number of hydrogen-bond acceptors (Lipinski definition) is 5. The van der Waals surface area contributed by atoms with Crippen molar-refractivity contribution in [3.8, 4) is 11.5 Å². The van der Waals surface area contributed by atoms with Crippen LogP contribution in [0.4, 0.5) is 0 Å². The highest BCUT2D eigenvalue weighted by atomic mass is 35.5. The first kappa shape index (κ1) is 22.0. The molecule has 30 heavy (non-hydrogen) atoms. The van der Waals surface area contributed by atoms with Gasteiger partial charge in [0.1, 0.15) is 17.3 Å². The Morgan fingerprint density at radius 1 is 1.13 bits per heavy atom. The van der Waals surface area contributed by atoms with Gasteiger partial charge in [-0.25, -0.2) is 0 Å². The van der Waals surface area contributed by atoms with Gasteiger partial charge >= 0.3 is 0 Å². The molecule has 1 unspecified atom stereocenters. The number of carbonyl (C=O) groups excluding carboxylic acids is 2. The second-order valence-corrected chi connectivity index (χ2v) is 7.58. The fraction of sp³-hybridized carbons (Fsp3) is 0.273. The summed E-state index contributed by atoms with van der Waals surface area (Å²) >= 11 is 12.3. The minimum absolute atomic E-state index is 0.0571. The van der Waals surface area contributed by atoms with Gasteiger partial charge in [-0.3, -0.25) is 9.59 Å². The number of Topliss-reactive ketones (excluding diaryl/α,β-unsaturated/α-hetero) is 1. The zero-order valence-electron chi connectivity index (χ0n) is 16.7. The van der Waals surface area contributed by atoms with Gasteiger partial charge in [-0.05, 0) is 36.2 Å². The topological polar surface area (TPSA) is 76.1 Å². The van der Waals surface area contributed by atoms with Gasteiger partial charge < -0.3 is 19.5 Å². The summed E-state index contributed by atoms with van der Waals surface area (Å²) in [6.45, 7) is 2.25. The summed E-state index contributed by atoms with van der Waals surface area (Å²) in [6.07, 6.45) is 0.639. The van der Waals surface area contributed by atoms with Gasteiger partial charge in [-0.2, -0.15) is 0 Å². The molecule has 2 aromatic carbocycles. The van der Waals surface area contributed by atoms with Crippen LogP contribution in [0.15, 0.2) is 42.0 Å². The number of aliphatic hydroxyl groups excluding tert-OH is 1. The van der Waals surface area contributed by atoms with E-state index in [2.05, 4.69) is 0 Å². The predicted molar refractivity (Wildman–Crippen MR) is 115 cm³/mol. The first-order chi connectivity index (χ1) is 14.3. The third kappa shape index (κ3) is 3.85. The minimum atomic E-state index is -0.789. The maximum atomic E-state index is 13.0. The molecule has 0 spiro atoms. The molecular weight excluding hydrogens is 429 g/mol. The van der Waals surface area contributed by atoms with Crippen molar-refractivity contribution in [2.24, 2.45) is 0 Å². The molecule has 0 radical (unpaired) electrons. The van der Waals surface area contributed by atoms with E-state index in [0.717, 1.165) is 0 Å². The van der Waals surface area contributed by atoms with Crippen molar-refractivity contribution >= 4 is 40.7 Å². The molecule has 0 saturated carbocycles. The lowest BCUT2D eigenvalue weighted by molar-refractivity contribution is -0.139. The third-order valence-corrected chi connectivity index (χ3v) is 5.38. The SMILES string of the molecule is CCCN1C(=O)C(=O)/C(=C(/O)c2cc(Cl)cc(Cl)c2OC)C1c1cccc(OC)c1. The number of halogens is 2. The molecule has 1 aliphatic rings.